The average Bonchev–Trinajstić information content (AvgIpc) is 2.09. The lowest BCUT2D eigenvalue weighted by atomic mass is 9.81. The molecule has 0 saturated heterocycles. The molecule has 4 atom stereocenters. The summed E-state index contributed by atoms with van der Waals surface area (Å²) in [6.07, 6.45) is -2.32. The molecule has 0 aliphatic rings. The van der Waals surface area contributed by atoms with Gasteiger partial charge in [0.25, 0.3) is 0 Å². The average molecular weight is 234 g/mol. The summed E-state index contributed by atoms with van der Waals surface area (Å²) >= 11 is 0. The Morgan fingerprint density at radius 3 is 1.81 bits per heavy atom. The van der Waals surface area contributed by atoms with E-state index in [1.165, 1.54) is 13.8 Å². The van der Waals surface area contributed by atoms with Crippen molar-refractivity contribution in [3.8, 4) is 0 Å². The van der Waals surface area contributed by atoms with Crippen LogP contribution in [0.1, 0.15) is 26.7 Å². The van der Waals surface area contributed by atoms with Gasteiger partial charge in [-0.3, -0.25) is 9.59 Å². The maximum Gasteiger partial charge on any atom is 0.309 e. The van der Waals surface area contributed by atoms with Gasteiger partial charge in [0.15, 0.2) is 0 Å². The minimum absolute atomic E-state index is 0.0227. The van der Waals surface area contributed by atoms with Crippen LogP contribution in [-0.4, -0.2) is 44.6 Å². The van der Waals surface area contributed by atoms with Crippen LogP contribution < -0.4 is 0 Å². The second-order valence-electron chi connectivity index (χ2n) is 3.94. The quantitative estimate of drug-likeness (QED) is 0.490. The minimum atomic E-state index is -1.23. The van der Waals surface area contributed by atoms with Crippen LogP contribution in [0.3, 0.4) is 0 Å². The van der Waals surface area contributed by atoms with Crippen LogP contribution in [-0.2, 0) is 9.59 Å². The summed E-state index contributed by atoms with van der Waals surface area (Å²) in [5.41, 5.74) is 0. The van der Waals surface area contributed by atoms with Gasteiger partial charge in [0.05, 0.1) is 18.1 Å². The van der Waals surface area contributed by atoms with E-state index < -0.39 is 36.0 Å². The number of aliphatic hydroxyl groups is 2. The third-order valence-corrected chi connectivity index (χ3v) is 2.58. The fraction of sp³-hybridized carbons (Fsp3) is 0.800. The molecule has 0 fully saturated rings. The molecule has 0 aromatic heterocycles. The highest BCUT2D eigenvalue weighted by Gasteiger charge is 2.35. The van der Waals surface area contributed by atoms with E-state index in [0.717, 1.165) is 0 Å². The van der Waals surface area contributed by atoms with Crippen molar-refractivity contribution in [1.29, 1.82) is 0 Å². The highest BCUT2D eigenvalue weighted by Crippen LogP contribution is 2.25. The Bertz CT molecular complexity index is 248. The zero-order chi connectivity index (χ0) is 12.9. The van der Waals surface area contributed by atoms with Gasteiger partial charge in [0, 0.05) is 12.3 Å². The number of hydrogen-bond acceptors (Lipinski definition) is 4. The lowest BCUT2D eigenvalue weighted by Crippen LogP contribution is -2.38. The van der Waals surface area contributed by atoms with E-state index >= 15 is 0 Å². The lowest BCUT2D eigenvalue weighted by Gasteiger charge is -2.27. The van der Waals surface area contributed by atoms with Crippen molar-refractivity contribution >= 4 is 11.9 Å². The van der Waals surface area contributed by atoms with Crippen LogP contribution in [0, 0.1) is 11.8 Å². The van der Waals surface area contributed by atoms with Crippen LogP contribution in [0.15, 0.2) is 0 Å². The molecule has 0 aromatic rings. The van der Waals surface area contributed by atoms with Gasteiger partial charge in [-0.25, -0.2) is 0 Å². The smallest absolute Gasteiger partial charge is 0.309 e. The second kappa shape index (κ2) is 6.44. The molecular formula is C10H18O6. The van der Waals surface area contributed by atoms with Crippen LogP contribution >= 0.6 is 0 Å². The molecule has 4 N–H and O–H groups in total. The minimum Gasteiger partial charge on any atom is -0.481 e. The van der Waals surface area contributed by atoms with Crippen LogP contribution in [0.2, 0.25) is 0 Å². The topological polar surface area (TPSA) is 115 Å². The number of carbonyl (C=O) groups is 2. The monoisotopic (exact) mass is 234 g/mol. The van der Waals surface area contributed by atoms with E-state index in [-0.39, 0.29) is 12.8 Å². The van der Waals surface area contributed by atoms with Gasteiger partial charge in [-0.2, -0.15) is 0 Å². The van der Waals surface area contributed by atoms with Crippen LogP contribution in [0.25, 0.3) is 0 Å². The van der Waals surface area contributed by atoms with Crippen LogP contribution in [0.5, 0.6) is 0 Å². The number of hydrogen-bond donors (Lipinski definition) is 4. The fourth-order valence-electron chi connectivity index (χ4n) is 1.76. The SMILES string of the molecule is CC(O)C(CCC(=O)O)C(C(=O)O)C(C)O. The second-order valence-corrected chi connectivity index (χ2v) is 3.94. The maximum atomic E-state index is 10.9. The van der Waals surface area contributed by atoms with Crippen molar-refractivity contribution in [2.45, 2.75) is 38.9 Å². The molecule has 0 amide bonds. The van der Waals surface area contributed by atoms with Gasteiger partial charge >= 0.3 is 11.9 Å². The van der Waals surface area contributed by atoms with Crippen molar-refractivity contribution < 1.29 is 30.0 Å². The molecule has 0 aromatic carbocycles. The van der Waals surface area contributed by atoms with Crippen molar-refractivity contribution in [2.75, 3.05) is 0 Å². The summed E-state index contributed by atoms with van der Waals surface area (Å²) in [6.45, 7) is 2.71. The van der Waals surface area contributed by atoms with E-state index in [0.29, 0.717) is 0 Å². The first-order valence-corrected chi connectivity index (χ1v) is 5.08. The molecule has 94 valence electrons. The number of carboxylic acid groups (broad SMARTS) is 2. The Balaban J connectivity index is 4.71. The van der Waals surface area contributed by atoms with E-state index in [4.69, 9.17) is 10.2 Å². The first-order chi connectivity index (χ1) is 7.27. The maximum absolute atomic E-state index is 10.9. The van der Waals surface area contributed by atoms with Gasteiger partial charge in [-0.1, -0.05) is 0 Å². The molecule has 0 saturated carbocycles. The zero-order valence-electron chi connectivity index (χ0n) is 9.33. The van der Waals surface area contributed by atoms with E-state index in [1.54, 1.807) is 0 Å². The summed E-state index contributed by atoms with van der Waals surface area (Å²) in [5, 5.41) is 36.2. The Kier molecular flexibility index (Phi) is 5.98. The highest BCUT2D eigenvalue weighted by atomic mass is 16.4. The molecule has 0 rings (SSSR count). The molecule has 0 heterocycles. The number of rotatable bonds is 7. The molecule has 0 radical (unpaired) electrons. The standard InChI is InChI=1S/C10H18O6/c1-5(11)7(3-4-8(13)14)9(6(2)12)10(15)16/h5-7,9,11-12H,3-4H2,1-2H3,(H,13,14)(H,15,16). The van der Waals surface area contributed by atoms with Crippen molar-refractivity contribution in [2.24, 2.45) is 11.8 Å². The largest absolute Gasteiger partial charge is 0.481 e. The van der Waals surface area contributed by atoms with E-state index in [9.17, 15) is 19.8 Å². The molecule has 6 nitrogen and oxygen atoms in total. The molecule has 16 heavy (non-hydrogen) atoms. The van der Waals surface area contributed by atoms with Crippen LogP contribution in [0.4, 0.5) is 0 Å². The number of aliphatic hydroxyl groups excluding tert-OH is 2. The van der Waals surface area contributed by atoms with Crippen molar-refractivity contribution in [3.05, 3.63) is 0 Å². The Morgan fingerprint density at radius 2 is 1.56 bits per heavy atom. The Labute approximate surface area is 93.5 Å². The molecular weight excluding hydrogens is 216 g/mol. The first kappa shape index (κ1) is 14.9. The van der Waals surface area contributed by atoms with Crippen molar-refractivity contribution in [1.82, 2.24) is 0 Å². The number of carboxylic acids is 2. The molecule has 6 heteroatoms. The fourth-order valence-corrected chi connectivity index (χ4v) is 1.76. The highest BCUT2D eigenvalue weighted by molar-refractivity contribution is 5.71. The summed E-state index contributed by atoms with van der Waals surface area (Å²) in [6, 6.07) is 0. The molecule has 0 aliphatic heterocycles. The van der Waals surface area contributed by atoms with E-state index in [2.05, 4.69) is 0 Å². The summed E-state index contributed by atoms with van der Waals surface area (Å²) in [5.74, 6) is -4.21. The van der Waals surface area contributed by atoms with Gasteiger partial charge in [0.2, 0.25) is 0 Å². The summed E-state index contributed by atoms with van der Waals surface area (Å²) in [7, 11) is 0. The Hall–Kier alpha value is -1.14. The van der Waals surface area contributed by atoms with Gasteiger partial charge < -0.3 is 20.4 Å². The third kappa shape index (κ3) is 4.59. The van der Waals surface area contributed by atoms with E-state index in [1.807, 2.05) is 0 Å². The Morgan fingerprint density at radius 1 is 1.06 bits per heavy atom. The molecule has 0 aliphatic carbocycles. The first-order valence-electron chi connectivity index (χ1n) is 5.08. The normalized spacial score (nSPS) is 18.5. The lowest BCUT2D eigenvalue weighted by molar-refractivity contribution is -0.151. The summed E-state index contributed by atoms with van der Waals surface area (Å²) < 4.78 is 0. The predicted octanol–water partition coefficient (Wildman–Crippen LogP) is -0.0702. The predicted molar refractivity (Wildman–Crippen MR) is 54.8 cm³/mol. The third-order valence-electron chi connectivity index (χ3n) is 2.58. The molecule has 4 unspecified atom stereocenters. The summed E-state index contributed by atoms with van der Waals surface area (Å²) in [4.78, 5) is 21.3. The van der Waals surface area contributed by atoms with Gasteiger partial charge in [-0.15, -0.1) is 0 Å². The van der Waals surface area contributed by atoms with Gasteiger partial charge in [0.1, 0.15) is 0 Å². The zero-order valence-corrected chi connectivity index (χ0v) is 9.33. The van der Waals surface area contributed by atoms with Crippen molar-refractivity contribution in [3.63, 3.8) is 0 Å². The van der Waals surface area contributed by atoms with Gasteiger partial charge in [-0.05, 0) is 20.3 Å². The number of aliphatic carboxylic acids is 2. The molecule has 0 bridgehead atoms. The molecule has 0 spiro atoms.